The van der Waals surface area contributed by atoms with Crippen molar-refractivity contribution < 1.29 is 52.2 Å². The summed E-state index contributed by atoms with van der Waals surface area (Å²) in [6, 6.07) is 0.330. The molecule has 12 heteroatoms. The van der Waals surface area contributed by atoms with Crippen molar-refractivity contribution in [3.05, 3.63) is 11.6 Å². The number of hydrogen-bond donors (Lipinski definition) is 0. The van der Waals surface area contributed by atoms with E-state index in [0.717, 1.165) is 56.9 Å². The summed E-state index contributed by atoms with van der Waals surface area (Å²) in [6.45, 7) is 8.16. The summed E-state index contributed by atoms with van der Waals surface area (Å²) in [5, 5.41) is 0. The average Bonchev–Trinajstić information content (AvgIpc) is 3.73. The minimum Gasteiger partial charge on any atom is -0.462 e. The Morgan fingerprint density at radius 1 is 0.796 bits per heavy atom. The Balaban J connectivity index is 1.24. The number of esters is 1. The van der Waals surface area contributed by atoms with Crippen molar-refractivity contribution >= 4 is 11.8 Å². The Kier molecular flexibility index (Phi) is 14.4. The van der Waals surface area contributed by atoms with Gasteiger partial charge in [0.2, 0.25) is 0 Å². The normalized spacial score (nSPS) is 46.2. The molecule has 2 saturated carbocycles. The monoisotopic (exact) mass is 763 g/mol. The number of carbonyl (C=O) groups is 2. The topological polar surface area (TPSA) is 120 Å². The Labute approximate surface area is 323 Å². The van der Waals surface area contributed by atoms with E-state index in [0.29, 0.717) is 18.4 Å². The molecule has 0 bridgehead atoms. The van der Waals surface area contributed by atoms with Crippen LogP contribution in [0.1, 0.15) is 91.9 Å². The molecule has 6 rings (SSSR count). The van der Waals surface area contributed by atoms with Crippen LogP contribution >= 0.6 is 0 Å². The van der Waals surface area contributed by atoms with Crippen LogP contribution in [0.15, 0.2) is 11.6 Å². The Bertz CT molecular complexity index is 1290. The summed E-state index contributed by atoms with van der Waals surface area (Å²) in [7, 11) is 10.9. The first kappa shape index (κ1) is 42.1. The van der Waals surface area contributed by atoms with Crippen LogP contribution in [-0.2, 0) is 52.2 Å². The van der Waals surface area contributed by atoms with Gasteiger partial charge in [0, 0.05) is 46.3 Å². The summed E-state index contributed by atoms with van der Waals surface area (Å²) < 4.78 is 56.1. The summed E-state index contributed by atoms with van der Waals surface area (Å²) >= 11 is 0. The van der Waals surface area contributed by atoms with Gasteiger partial charge in [-0.3, -0.25) is 9.59 Å². The van der Waals surface area contributed by atoms with Gasteiger partial charge in [0.25, 0.3) is 0 Å². The zero-order valence-electron chi connectivity index (χ0n) is 34.5. The van der Waals surface area contributed by atoms with Crippen molar-refractivity contribution in [3.63, 3.8) is 0 Å². The molecule has 3 aliphatic heterocycles. The number of rotatable bonds is 10. The first-order valence-electron chi connectivity index (χ1n) is 20.8. The standard InChI is InChI=1S/C42H69NO11/c1-11-26-13-12-14-33(54-36-16-15-32(43(5)6)23(3)50-36)22(2)38(45)31-20-29-28-19-27(53-42-41(49-10)40(48-9)39(47-8)24(4)51-42)17-25(28)18-34(46-7)37(29)30(31)21-35(44)52-26/h20,22-30,32-34,36-37,39-42H,11-19,21H2,1-10H3/t22-,23?,24?,25?,26+,27-,28-,29+,30-,32+,33+,34?,36+,37-,39+,40?,41+,42+/m1/s1. The van der Waals surface area contributed by atoms with E-state index >= 15 is 0 Å². The van der Waals surface area contributed by atoms with Crippen LogP contribution in [0.3, 0.4) is 0 Å². The minimum absolute atomic E-state index is 0.0143. The van der Waals surface area contributed by atoms with Crippen LogP contribution in [0, 0.1) is 35.5 Å². The fraction of sp³-hybridized carbons (Fsp3) is 0.905. The molecular formula is C42H69NO11. The van der Waals surface area contributed by atoms with E-state index in [1.165, 1.54) is 0 Å². The first-order chi connectivity index (χ1) is 25.9. The first-order valence-corrected chi connectivity index (χ1v) is 20.8. The number of ether oxygens (including phenoxy) is 9. The maximum atomic E-state index is 14.8. The van der Waals surface area contributed by atoms with Crippen molar-refractivity contribution in [2.75, 3.05) is 42.5 Å². The average molecular weight is 764 g/mol. The molecule has 0 N–H and O–H groups in total. The van der Waals surface area contributed by atoms with Gasteiger partial charge in [0.1, 0.15) is 24.4 Å². The second-order valence-corrected chi connectivity index (χ2v) is 17.2. The van der Waals surface area contributed by atoms with Crippen LogP contribution in [0.25, 0.3) is 0 Å². The molecule has 5 unspecified atom stereocenters. The van der Waals surface area contributed by atoms with Gasteiger partial charge in [0.15, 0.2) is 18.4 Å². The van der Waals surface area contributed by atoms with Crippen LogP contribution in [0.5, 0.6) is 0 Å². The summed E-state index contributed by atoms with van der Waals surface area (Å²) in [4.78, 5) is 30.7. The molecule has 54 heavy (non-hydrogen) atoms. The SMILES string of the molecule is CC[C@H]1CCC[C@H](O[C@H]2CC[C@H](N(C)C)C(C)O2)[C@@H](C)C(=O)C2=C[C@@H]3[C@@H](C(OC)CC4C[C@@H](O[C@@H]5OC(C)[C@H](OC)C(OC)[C@@H]5OC)C[C@H]43)[C@@H]2CC(=O)O1. The number of cyclic esters (lactones) is 1. The highest BCUT2D eigenvalue weighted by molar-refractivity contribution is 5.99. The molecule has 0 aromatic heterocycles. The maximum absolute atomic E-state index is 14.8. The van der Waals surface area contributed by atoms with Gasteiger partial charge >= 0.3 is 5.97 Å². The minimum atomic E-state index is -0.608. The van der Waals surface area contributed by atoms with E-state index in [9.17, 15) is 9.59 Å². The zero-order chi connectivity index (χ0) is 38.8. The van der Waals surface area contributed by atoms with Crippen molar-refractivity contribution in [2.24, 2.45) is 35.5 Å². The largest absolute Gasteiger partial charge is 0.462 e. The lowest BCUT2D eigenvalue weighted by Crippen LogP contribution is -2.59. The quantitative estimate of drug-likeness (QED) is 0.268. The van der Waals surface area contributed by atoms with E-state index in [1.807, 2.05) is 13.8 Å². The van der Waals surface area contributed by atoms with E-state index in [2.05, 4.69) is 38.9 Å². The highest BCUT2D eigenvalue weighted by Crippen LogP contribution is 2.57. The number of ketones is 1. The summed E-state index contributed by atoms with van der Waals surface area (Å²) in [5.41, 5.74) is 0.742. The van der Waals surface area contributed by atoms with Crippen molar-refractivity contribution in [3.8, 4) is 0 Å². The van der Waals surface area contributed by atoms with Gasteiger partial charge in [-0.25, -0.2) is 0 Å². The summed E-state index contributed by atoms with van der Waals surface area (Å²) in [5.74, 6) is -0.185. The van der Waals surface area contributed by atoms with Crippen LogP contribution in [0.4, 0.5) is 0 Å². The molecule has 6 aliphatic rings. The molecule has 5 fully saturated rings. The third kappa shape index (κ3) is 8.67. The summed E-state index contributed by atoms with van der Waals surface area (Å²) in [6.07, 6.45) is 6.74. The van der Waals surface area contributed by atoms with Crippen molar-refractivity contribution in [1.82, 2.24) is 4.90 Å². The molecule has 0 aromatic carbocycles. The number of carbonyl (C=O) groups excluding carboxylic acids is 2. The molecule has 0 aromatic rings. The zero-order valence-corrected chi connectivity index (χ0v) is 34.5. The Morgan fingerprint density at radius 2 is 1.54 bits per heavy atom. The van der Waals surface area contributed by atoms with Gasteiger partial charge in [-0.15, -0.1) is 0 Å². The number of methoxy groups -OCH3 is 4. The lowest BCUT2D eigenvalue weighted by Gasteiger charge is -2.44. The van der Waals surface area contributed by atoms with Crippen LogP contribution in [-0.4, -0.2) is 133 Å². The van der Waals surface area contributed by atoms with Crippen molar-refractivity contribution in [2.45, 2.75) is 165 Å². The van der Waals surface area contributed by atoms with E-state index in [4.69, 9.17) is 42.6 Å². The Hall–Kier alpha value is -1.48. The number of Topliss-reactive ketones (excluding diaryl/α,β-unsaturated/α-hetero) is 1. The maximum Gasteiger partial charge on any atom is 0.306 e. The van der Waals surface area contributed by atoms with Gasteiger partial charge in [-0.05, 0) is 115 Å². The number of fused-ring (bicyclic) bond motifs is 5. The Morgan fingerprint density at radius 3 is 2.19 bits per heavy atom. The van der Waals surface area contributed by atoms with Crippen LogP contribution in [0.2, 0.25) is 0 Å². The number of allylic oxidation sites excluding steroid dienone is 2. The lowest BCUT2D eigenvalue weighted by atomic mass is 9.64. The molecule has 0 spiro atoms. The third-order valence-electron chi connectivity index (χ3n) is 14.0. The molecular weight excluding hydrogens is 694 g/mol. The van der Waals surface area contributed by atoms with Gasteiger partial charge in [-0.2, -0.15) is 0 Å². The van der Waals surface area contributed by atoms with Gasteiger partial charge < -0.3 is 47.5 Å². The van der Waals surface area contributed by atoms with Crippen LogP contribution < -0.4 is 0 Å². The van der Waals surface area contributed by atoms with Gasteiger partial charge in [0.05, 0.1) is 36.9 Å². The lowest BCUT2D eigenvalue weighted by molar-refractivity contribution is -0.314. The molecule has 0 radical (unpaired) electrons. The van der Waals surface area contributed by atoms with Gasteiger partial charge in [-0.1, -0.05) is 19.9 Å². The van der Waals surface area contributed by atoms with E-state index < -0.39 is 18.3 Å². The molecule has 3 heterocycles. The number of likely N-dealkylation sites (N-methyl/N-ethyl adjacent to an activating group) is 1. The number of hydrogen-bond acceptors (Lipinski definition) is 12. The third-order valence-corrected chi connectivity index (χ3v) is 14.0. The highest BCUT2D eigenvalue weighted by atomic mass is 16.7. The fourth-order valence-electron chi connectivity index (χ4n) is 11.2. The molecule has 0 amide bonds. The molecule has 308 valence electrons. The van der Waals surface area contributed by atoms with E-state index in [-0.39, 0.29) is 97.0 Å². The predicted molar refractivity (Wildman–Crippen MR) is 201 cm³/mol. The van der Waals surface area contributed by atoms with Crippen molar-refractivity contribution in [1.29, 1.82) is 0 Å². The molecule has 3 saturated heterocycles. The smallest absolute Gasteiger partial charge is 0.306 e. The predicted octanol–water partition coefficient (Wildman–Crippen LogP) is 5.34. The molecule has 18 atom stereocenters. The van der Waals surface area contributed by atoms with E-state index in [1.54, 1.807) is 28.4 Å². The second kappa shape index (κ2) is 18.4. The molecule has 3 aliphatic carbocycles. The second-order valence-electron chi connectivity index (χ2n) is 17.2. The number of nitrogens with zero attached hydrogens (tertiary/aromatic N) is 1. The fourth-order valence-corrected chi connectivity index (χ4v) is 11.2. The molecule has 12 nitrogen and oxygen atoms in total. The highest BCUT2D eigenvalue weighted by Gasteiger charge is 2.57.